The quantitative estimate of drug-likeness (QED) is 0.802. The molecule has 3 heteroatoms. The summed E-state index contributed by atoms with van der Waals surface area (Å²) in [6, 6.07) is 0.579. The third kappa shape index (κ3) is 3.94. The van der Waals surface area contributed by atoms with E-state index in [4.69, 9.17) is 9.47 Å². The van der Waals surface area contributed by atoms with Gasteiger partial charge in [0.25, 0.3) is 0 Å². The van der Waals surface area contributed by atoms with E-state index in [0.717, 1.165) is 38.0 Å². The molecule has 1 saturated carbocycles. The fraction of sp³-hybridized carbons (Fsp3) is 1.00. The van der Waals surface area contributed by atoms with Crippen molar-refractivity contribution >= 4 is 0 Å². The Morgan fingerprint density at radius 2 is 1.76 bits per heavy atom. The average molecular weight is 241 g/mol. The predicted molar refractivity (Wildman–Crippen MR) is 68.9 cm³/mol. The molecule has 100 valence electrons. The second kappa shape index (κ2) is 6.72. The van der Waals surface area contributed by atoms with Crippen LogP contribution in [0.5, 0.6) is 0 Å². The largest absolute Gasteiger partial charge is 0.350 e. The molecule has 0 spiro atoms. The van der Waals surface area contributed by atoms with Crippen LogP contribution in [0, 0.1) is 11.8 Å². The second-order valence-electron chi connectivity index (χ2n) is 5.59. The fourth-order valence-corrected chi connectivity index (χ4v) is 3.14. The van der Waals surface area contributed by atoms with Gasteiger partial charge in [0.1, 0.15) is 0 Å². The lowest BCUT2D eigenvalue weighted by Gasteiger charge is -2.34. The van der Waals surface area contributed by atoms with Crippen LogP contribution in [0.25, 0.3) is 0 Å². The molecule has 3 nitrogen and oxygen atoms in total. The van der Waals surface area contributed by atoms with Gasteiger partial charge >= 0.3 is 0 Å². The van der Waals surface area contributed by atoms with Gasteiger partial charge in [0.05, 0.1) is 13.2 Å². The minimum Gasteiger partial charge on any atom is -0.350 e. The molecule has 1 aliphatic heterocycles. The molecule has 2 fully saturated rings. The SMILES string of the molecule is CCNC(CC1OCCO1)C1CCC(C)CC1. The standard InChI is InChI=1S/C14H27NO2/c1-3-15-13(10-14-16-8-9-17-14)12-6-4-11(2)5-7-12/h11-15H,3-10H2,1-2H3. The summed E-state index contributed by atoms with van der Waals surface area (Å²) in [7, 11) is 0. The van der Waals surface area contributed by atoms with Gasteiger partial charge in [-0.3, -0.25) is 0 Å². The van der Waals surface area contributed by atoms with Crippen molar-refractivity contribution in [1.82, 2.24) is 5.32 Å². The molecule has 0 radical (unpaired) electrons. The van der Waals surface area contributed by atoms with Crippen molar-refractivity contribution < 1.29 is 9.47 Å². The Bertz CT molecular complexity index is 208. The van der Waals surface area contributed by atoms with Gasteiger partial charge in [-0.05, 0) is 31.2 Å². The zero-order valence-corrected chi connectivity index (χ0v) is 11.3. The van der Waals surface area contributed by atoms with Crippen LogP contribution in [0.1, 0.15) is 46.0 Å². The van der Waals surface area contributed by atoms with E-state index in [0.29, 0.717) is 6.04 Å². The molecule has 2 aliphatic rings. The molecule has 2 rings (SSSR count). The summed E-state index contributed by atoms with van der Waals surface area (Å²) >= 11 is 0. The summed E-state index contributed by atoms with van der Waals surface area (Å²) in [6.07, 6.45) is 6.57. The third-order valence-electron chi connectivity index (χ3n) is 4.23. The smallest absolute Gasteiger partial charge is 0.159 e. The maximum absolute atomic E-state index is 5.58. The molecule has 0 aromatic heterocycles. The maximum atomic E-state index is 5.58. The Morgan fingerprint density at radius 1 is 1.12 bits per heavy atom. The highest BCUT2D eigenvalue weighted by molar-refractivity contribution is 4.82. The molecule has 0 amide bonds. The Hall–Kier alpha value is -0.120. The van der Waals surface area contributed by atoms with Gasteiger partial charge in [-0.15, -0.1) is 0 Å². The molecule has 17 heavy (non-hydrogen) atoms. The number of rotatable bonds is 5. The van der Waals surface area contributed by atoms with Gasteiger partial charge in [0, 0.05) is 12.5 Å². The van der Waals surface area contributed by atoms with Crippen molar-refractivity contribution in [3.63, 3.8) is 0 Å². The minimum atomic E-state index is 0.0402. The first-order valence-corrected chi connectivity index (χ1v) is 7.26. The molecule has 1 saturated heterocycles. The van der Waals surface area contributed by atoms with Crippen molar-refractivity contribution in [2.45, 2.75) is 58.3 Å². The van der Waals surface area contributed by atoms with E-state index in [-0.39, 0.29) is 6.29 Å². The monoisotopic (exact) mass is 241 g/mol. The van der Waals surface area contributed by atoms with E-state index in [1.54, 1.807) is 0 Å². The predicted octanol–water partition coefficient (Wildman–Crippen LogP) is 2.55. The Labute approximate surface area is 105 Å². The highest BCUT2D eigenvalue weighted by atomic mass is 16.7. The van der Waals surface area contributed by atoms with Gasteiger partial charge < -0.3 is 14.8 Å². The van der Waals surface area contributed by atoms with Crippen LogP contribution >= 0.6 is 0 Å². The Morgan fingerprint density at radius 3 is 2.35 bits per heavy atom. The van der Waals surface area contributed by atoms with Gasteiger partial charge in [0.2, 0.25) is 0 Å². The van der Waals surface area contributed by atoms with Crippen LogP contribution in [0.4, 0.5) is 0 Å². The third-order valence-corrected chi connectivity index (χ3v) is 4.23. The van der Waals surface area contributed by atoms with E-state index in [1.807, 2.05) is 0 Å². The fourth-order valence-electron chi connectivity index (χ4n) is 3.14. The van der Waals surface area contributed by atoms with Crippen molar-refractivity contribution in [3.8, 4) is 0 Å². The zero-order valence-electron chi connectivity index (χ0n) is 11.3. The van der Waals surface area contributed by atoms with Crippen LogP contribution in [0.3, 0.4) is 0 Å². The summed E-state index contributed by atoms with van der Waals surface area (Å²) in [5.41, 5.74) is 0. The summed E-state index contributed by atoms with van der Waals surface area (Å²) in [6.45, 7) is 7.15. The summed E-state index contributed by atoms with van der Waals surface area (Å²) in [5, 5.41) is 3.63. The van der Waals surface area contributed by atoms with Crippen LogP contribution < -0.4 is 5.32 Å². The Balaban J connectivity index is 1.82. The molecule has 0 aromatic rings. The molecule has 1 aliphatic carbocycles. The van der Waals surface area contributed by atoms with Crippen molar-refractivity contribution in [1.29, 1.82) is 0 Å². The normalized spacial score (nSPS) is 32.8. The van der Waals surface area contributed by atoms with Crippen LogP contribution in [0.15, 0.2) is 0 Å². The van der Waals surface area contributed by atoms with Crippen LogP contribution in [-0.4, -0.2) is 32.1 Å². The molecule has 0 aromatic carbocycles. The first kappa shape index (κ1) is 13.3. The first-order chi connectivity index (χ1) is 8.29. The number of hydrogen-bond acceptors (Lipinski definition) is 3. The molecule has 0 bridgehead atoms. The van der Waals surface area contributed by atoms with E-state index in [2.05, 4.69) is 19.2 Å². The molecule has 1 atom stereocenters. The summed E-state index contributed by atoms with van der Waals surface area (Å²) in [4.78, 5) is 0. The number of nitrogens with one attached hydrogen (secondary N) is 1. The van der Waals surface area contributed by atoms with Crippen LogP contribution in [0.2, 0.25) is 0 Å². The van der Waals surface area contributed by atoms with Gasteiger partial charge in [-0.25, -0.2) is 0 Å². The molecule has 1 N–H and O–H groups in total. The number of hydrogen-bond donors (Lipinski definition) is 1. The summed E-state index contributed by atoms with van der Waals surface area (Å²) < 4.78 is 11.2. The molecular weight excluding hydrogens is 214 g/mol. The lowest BCUT2D eigenvalue weighted by Crippen LogP contribution is -2.40. The van der Waals surface area contributed by atoms with Crippen molar-refractivity contribution in [2.24, 2.45) is 11.8 Å². The van der Waals surface area contributed by atoms with Crippen LogP contribution in [-0.2, 0) is 9.47 Å². The summed E-state index contributed by atoms with van der Waals surface area (Å²) in [5.74, 6) is 1.74. The molecular formula is C14H27NO2. The first-order valence-electron chi connectivity index (χ1n) is 7.26. The van der Waals surface area contributed by atoms with Crippen molar-refractivity contribution in [3.05, 3.63) is 0 Å². The lowest BCUT2D eigenvalue weighted by molar-refractivity contribution is -0.0578. The Kier molecular flexibility index (Phi) is 5.26. The van der Waals surface area contributed by atoms with E-state index in [9.17, 15) is 0 Å². The lowest BCUT2D eigenvalue weighted by atomic mass is 9.78. The molecule has 1 heterocycles. The van der Waals surface area contributed by atoms with Gasteiger partial charge in [-0.2, -0.15) is 0 Å². The number of ether oxygens (including phenoxy) is 2. The minimum absolute atomic E-state index is 0.0402. The zero-order chi connectivity index (χ0) is 12.1. The van der Waals surface area contributed by atoms with Gasteiger partial charge in [0.15, 0.2) is 6.29 Å². The topological polar surface area (TPSA) is 30.5 Å². The van der Waals surface area contributed by atoms with Crippen molar-refractivity contribution in [2.75, 3.05) is 19.8 Å². The van der Waals surface area contributed by atoms with Gasteiger partial charge in [-0.1, -0.05) is 26.7 Å². The molecule has 1 unspecified atom stereocenters. The maximum Gasteiger partial charge on any atom is 0.159 e. The second-order valence-corrected chi connectivity index (χ2v) is 5.59. The van der Waals surface area contributed by atoms with E-state index in [1.165, 1.54) is 25.7 Å². The van der Waals surface area contributed by atoms with E-state index < -0.39 is 0 Å². The highest BCUT2D eigenvalue weighted by Gasteiger charge is 2.29. The van der Waals surface area contributed by atoms with E-state index >= 15 is 0 Å². The average Bonchev–Trinajstić information content (AvgIpc) is 2.82. The highest BCUT2D eigenvalue weighted by Crippen LogP contribution is 2.32.